The number of hydrogen-bond donors (Lipinski definition) is 0. The van der Waals surface area contributed by atoms with Gasteiger partial charge in [-0.05, 0) is 71.8 Å². The first-order valence-corrected chi connectivity index (χ1v) is 10.8. The molecule has 1 aromatic heterocycles. The van der Waals surface area contributed by atoms with Gasteiger partial charge in [0.15, 0.2) is 0 Å². The molecule has 0 saturated carbocycles. The summed E-state index contributed by atoms with van der Waals surface area (Å²) < 4.78 is 14.8. The number of nitrogens with zero attached hydrogens (tertiary/aromatic N) is 6. The molecule has 1 aliphatic heterocycles. The highest BCUT2D eigenvalue weighted by Gasteiger charge is 2.22. The Morgan fingerprint density at radius 2 is 1.70 bits per heavy atom. The molecule has 30 heavy (non-hydrogen) atoms. The van der Waals surface area contributed by atoms with E-state index < -0.39 is 0 Å². The number of hydrogen-bond acceptors (Lipinski definition) is 6. The molecule has 2 heterocycles. The minimum atomic E-state index is -0.243. The molecule has 0 spiro atoms. The molecule has 3 aromatic rings. The highest BCUT2D eigenvalue weighted by atomic mass is 32.2. The first-order chi connectivity index (χ1) is 14.5. The first kappa shape index (κ1) is 20.3. The van der Waals surface area contributed by atoms with E-state index in [2.05, 4.69) is 27.3 Å². The Labute approximate surface area is 178 Å². The van der Waals surface area contributed by atoms with E-state index in [-0.39, 0.29) is 17.5 Å². The number of anilines is 1. The third kappa shape index (κ3) is 4.46. The molecule has 156 valence electrons. The number of aryl methyl sites for hydroxylation is 2. The predicted molar refractivity (Wildman–Crippen MR) is 115 cm³/mol. The molecule has 0 atom stereocenters. The molecule has 1 fully saturated rings. The molecule has 0 unspecified atom stereocenters. The zero-order valence-electron chi connectivity index (χ0n) is 17.0. The van der Waals surface area contributed by atoms with Gasteiger partial charge in [0.05, 0.1) is 11.4 Å². The largest absolute Gasteiger partial charge is 0.368 e. The fourth-order valence-electron chi connectivity index (χ4n) is 3.37. The van der Waals surface area contributed by atoms with Gasteiger partial charge in [-0.3, -0.25) is 4.79 Å². The van der Waals surface area contributed by atoms with Crippen LogP contribution >= 0.6 is 11.8 Å². The maximum absolute atomic E-state index is 13.1. The zero-order valence-corrected chi connectivity index (χ0v) is 17.8. The summed E-state index contributed by atoms with van der Waals surface area (Å²) in [5, 5.41) is 12.5. The fraction of sp³-hybridized carbons (Fsp3) is 0.333. The van der Waals surface area contributed by atoms with Crippen molar-refractivity contribution in [3.63, 3.8) is 0 Å². The van der Waals surface area contributed by atoms with Crippen LogP contribution < -0.4 is 4.90 Å². The number of benzene rings is 2. The maximum Gasteiger partial charge on any atom is 0.233 e. The average molecular weight is 427 g/mol. The van der Waals surface area contributed by atoms with Gasteiger partial charge >= 0.3 is 0 Å². The lowest BCUT2D eigenvalue weighted by Crippen LogP contribution is -2.49. The van der Waals surface area contributed by atoms with Crippen molar-refractivity contribution in [2.24, 2.45) is 0 Å². The Morgan fingerprint density at radius 1 is 1.00 bits per heavy atom. The number of tetrazole rings is 1. The minimum Gasteiger partial charge on any atom is -0.368 e. The lowest BCUT2D eigenvalue weighted by molar-refractivity contribution is -0.128. The Bertz CT molecular complexity index is 1030. The quantitative estimate of drug-likeness (QED) is 0.585. The smallest absolute Gasteiger partial charge is 0.233 e. The van der Waals surface area contributed by atoms with E-state index in [1.165, 1.54) is 29.5 Å². The second-order valence-corrected chi connectivity index (χ2v) is 8.22. The first-order valence-electron chi connectivity index (χ1n) is 9.78. The topological polar surface area (TPSA) is 67.2 Å². The summed E-state index contributed by atoms with van der Waals surface area (Å²) in [7, 11) is 0. The Morgan fingerprint density at radius 3 is 2.40 bits per heavy atom. The summed E-state index contributed by atoms with van der Waals surface area (Å²) >= 11 is 1.34. The number of carbonyl (C=O) groups is 1. The van der Waals surface area contributed by atoms with E-state index >= 15 is 0 Å². The van der Waals surface area contributed by atoms with Crippen LogP contribution in [0.15, 0.2) is 47.6 Å². The number of rotatable bonds is 5. The van der Waals surface area contributed by atoms with Crippen LogP contribution in [0.1, 0.15) is 11.1 Å². The van der Waals surface area contributed by atoms with Crippen molar-refractivity contribution in [1.82, 2.24) is 25.1 Å². The molecule has 0 aliphatic carbocycles. The van der Waals surface area contributed by atoms with E-state index in [1.807, 2.05) is 30.0 Å². The third-order valence-corrected chi connectivity index (χ3v) is 6.23. The summed E-state index contributed by atoms with van der Waals surface area (Å²) in [6.45, 7) is 6.83. The van der Waals surface area contributed by atoms with Gasteiger partial charge in [0.1, 0.15) is 5.82 Å². The lowest BCUT2D eigenvalue weighted by atomic mass is 10.1. The predicted octanol–water partition coefficient (Wildman–Crippen LogP) is 2.86. The van der Waals surface area contributed by atoms with Gasteiger partial charge in [0, 0.05) is 31.9 Å². The van der Waals surface area contributed by atoms with Crippen molar-refractivity contribution in [3.05, 3.63) is 59.4 Å². The van der Waals surface area contributed by atoms with Crippen molar-refractivity contribution < 1.29 is 9.18 Å². The van der Waals surface area contributed by atoms with Crippen LogP contribution in [0.2, 0.25) is 0 Å². The van der Waals surface area contributed by atoms with Crippen molar-refractivity contribution in [2.45, 2.75) is 19.0 Å². The van der Waals surface area contributed by atoms with Crippen LogP contribution in [0.4, 0.5) is 10.1 Å². The van der Waals surface area contributed by atoms with E-state index in [4.69, 9.17) is 0 Å². The number of carbonyl (C=O) groups excluding carboxylic acids is 1. The van der Waals surface area contributed by atoms with Crippen LogP contribution in [-0.2, 0) is 4.79 Å². The molecular weight excluding hydrogens is 403 g/mol. The summed E-state index contributed by atoms with van der Waals surface area (Å²) in [5.41, 5.74) is 4.22. The second-order valence-electron chi connectivity index (χ2n) is 7.27. The van der Waals surface area contributed by atoms with Crippen LogP contribution in [0, 0.1) is 19.7 Å². The molecule has 0 N–H and O–H groups in total. The maximum atomic E-state index is 13.1. The van der Waals surface area contributed by atoms with Gasteiger partial charge in [0.25, 0.3) is 0 Å². The van der Waals surface area contributed by atoms with E-state index in [9.17, 15) is 9.18 Å². The molecule has 1 aliphatic rings. The van der Waals surface area contributed by atoms with Crippen molar-refractivity contribution in [1.29, 1.82) is 0 Å². The molecule has 1 saturated heterocycles. The van der Waals surface area contributed by atoms with Gasteiger partial charge in [-0.2, -0.15) is 4.68 Å². The van der Waals surface area contributed by atoms with E-state index in [0.717, 1.165) is 30.0 Å². The van der Waals surface area contributed by atoms with Gasteiger partial charge in [-0.1, -0.05) is 17.8 Å². The van der Waals surface area contributed by atoms with Crippen LogP contribution in [0.5, 0.6) is 0 Å². The van der Waals surface area contributed by atoms with Crippen LogP contribution in [-0.4, -0.2) is 62.9 Å². The van der Waals surface area contributed by atoms with Gasteiger partial charge < -0.3 is 9.80 Å². The molecule has 2 aromatic carbocycles. The summed E-state index contributed by atoms with van der Waals surface area (Å²) in [4.78, 5) is 16.7. The van der Waals surface area contributed by atoms with Crippen molar-refractivity contribution >= 4 is 23.4 Å². The highest BCUT2D eigenvalue weighted by Crippen LogP contribution is 2.21. The Hall–Kier alpha value is -2.94. The van der Waals surface area contributed by atoms with Crippen molar-refractivity contribution in [2.75, 3.05) is 36.8 Å². The zero-order chi connectivity index (χ0) is 21.1. The van der Waals surface area contributed by atoms with Crippen LogP contribution in [0.25, 0.3) is 5.69 Å². The lowest BCUT2D eigenvalue weighted by Gasteiger charge is -2.36. The second kappa shape index (κ2) is 8.83. The molecule has 0 radical (unpaired) electrons. The van der Waals surface area contributed by atoms with Gasteiger partial charge in [0.2, 0.25) is 11.1 Å². The van der Waals surface area contributed by atoms with E-state index in [1.54, 1.807) is 16.8 Å². The average Bonchev–Trinajstić information content (AvgIpc) is 3.23. The van der Waals surface area contributed by atoms with Crippen LogP contribution in [0.3, 0.4) is 0 Å². The number of halogens is 1. The standard InChI is InChI=1S/C21H23FN6OS/c1-15-3-6-19(13-16(15)2)28-21(23-24-25-28)30-14-20(29)27-11-9-26(10-12-27)18-7-4-17(22)5-8-18/h3-8,13H,9-12,14H2,1-2H3. The molecule has 0 bridgehead atoms. The molecule has 4 rings (SSSR count). The molecule has 9 heteroatoms. The number of aromatic nitrogens is 4. The Kier molecular flexibility index (Phi) is 5.98. The monoisotopic (exact) mass is 426 g/mol. The molecule has 1 amide bonds. The SMILES string of the molecule is Cc1ccc(-n2nnnc2SCC(=O)N2CCN(c3ccc(F)cc3)CC2)cc1C. The Balaban J connectivity index is 1.33. The summed E-state index contributed by atoms with van der Waals surface area (Å²) in [6.07, 6.45) is 0. The normalized spacial score (nSPS) is 14.2. The van der Waals surface area contributed by atoms with Gasteiger partial charge in [-0.15, -0.1) is 5.10 Å². The highest BCUT2D eigenvalue weighted by molar-refractivity contribution is 7.99. The summed E-state index contributed by atoms with van der Waals surface area (Å²) in [6, 6.07) is 12.5. The van der Waals surface area contributed by atoms with E-state index in [0.29, 0.717) is 18.2 Å². The molecular formula is C21H23FN6OS. The number of piperazine rings is 1. The van der Waals surface area contributed by atoms with Crippen molar-refractivity contribution in [3.8, 4) is 5.69 Å². The number of thioether (sulfide) groups is 1. The van der Waals surface area contributed by atoms with Gasteiger partial charge in [-0.25, -0.2) is 4.39 Å². The summed E-state index contributed by atoms with van der Waals surface area (Å²) in [5.74, 6) is 0.100. The third-order valence-electron chi connectivity index (χ3n) is 5.32. The number of amides is 1. The minimum absolute atomic E-state index is 0.0633. The molecule has 7 nitrogen and oxygen atoms in total. The fourth-order valence-corrected chi connectivity index (χ4v) is 4.17.